The van der Waals surface area contributed by atoms with Crippen LogP contribution in [0, 0.1) is 13.8 Å². The van der Waals surface area contributed by atoms with Crippen molar-refractivity contribution in [2.75, 3.05) is 6.54 Å². The van der Waals surface area contributed by atoms with Crippen LogP contribution in [0.1, 0.15) is 39.9 Å². The zero-order valence-electron chi connectivity index (χ0n) is 15.6. The summed E-state index contributed by atoms with van der Waals surface area (Å²) in [5.74, 6) is -0.471. The van der Waals surface area contributed by atoms with Gasteiger partial charge in [-0.05, 0) is 71.4 Å². The number of rotatable bonds is 8. The van der Waals surface area contributed by atoms with E-state index in [0.717, 1.165) is 17.5 Å². The molecule has 0 spiro atoms. The van der Waals surface area contributed by atoms with Gasteiger partial charge in [0.05, 0.1) is 4.48 Å². The average Bonchev–Trinajstić information content (AvgIpc) is 2.68. The molecular formula is C22H24BrNO3. The van der Waals surface area contributed by atoms with E-state index in [9.17, 15) is 9.59 Å². The third-order valence-electron chi connectivity index (χ3n) is 4.17. The summed E-state index contributed by atoms with van der Waals surface area (Å²) in [5, 5.41) is 2.90. The van der Waals surface area contributed by atoms with Crippen LogP contribution >= 0.6 is 15.9 Å². The highest BCUT2D eigenvalue weighted by atomic mass is 79.9. The van der Waals surface area contributed by atoms with E-state index in [2.05, 4.69) is 21.2 Å². The molecule has 1 N–H and O–H groups in total. The highest BCUT2D eigenvalue weighted by Crippen LogP contribution is 2.12. The van der Waals surface area contributed by atoms with Crippen molar-refractivity contribution in [1.82, 2.24) is 5.32 Å². The van der Waals surface area contributed by atoms with Gasteiger partial charge in [0.1, 0.15) is 6.61 Å². The molecule has 4 nitrogen and oxygen atoms in total. The Bertz CT molecular complexity index is 816. The number of nitrogens with one attached hydrogen (secondary N) is 1. The molecule has 0 bridgehead atoms. The Labute approximate surface area is 168 Å². The van der Waals surface area contributed by atoms with Gasteiger partial charge in [-0.15, -0.1) is 0 Å². The first-order valence-corrected chi connectivity index (χ1v) is 9.69. The number of benzene rings is 2. The fourth-order valence-electron chi connectivity index (χ4n) is 2.39. The van der Waals surface area contributed by atoms with Gasteiger partial charge in [-0.25, -0.2) is 4.79 Å². The summed E-state index contributed by atoms with van der Waals surface area (Å²) in [5.41, 5.74) is 3.88. The lowest BCUT2D eigenvalue weighted by Crippen LogP contribution is -2.24. The Balaban J connectivity index is 1.69. The lowest BCUT2D eigenvalue weighted by molar-refractivity contribution is -0.139. The summed E-state index contributed by atoms with van der Waals surface area (Å²) in [6.07, 6.45) is 3.17. The second kappa shape index (κ2) is 10.7. The number of ether oxygens (including phenoxy) is 1. The number of carbonyl (C=O) groups is 2. The maximum atomic E-state index is 12.1. The summed E-state index contributed by atoms with van der Waals surface area (Å²) in [4.78, 5) is 24.0. The van der Waals surface area contributed by atoms with Crippen LogP contribution in [0.15, 0.2) is 59.1 Å². The second-order valence-electron chi connectivity index (χ2n) is 6.31. The van der Waals surface area contributed by atoms with E-state index < -0.39 is 5.97 Å². The molecule has 27 heavy (non-hydrogen) atoms. The molecule has 2 aromatic carbocycles. The number of hydrogen-bond acceptors (Lipinski definition) is 3. The zero-order valence-corrected chi connectivity index (χ0v) is 17.2. The first kappa shape index (κ1) is 20.9. The number of aryl methyl sites for hydroxylation is 2. The fraction of sp³-hybridized carbons (Fsp3) is 0.273. The van der Waals surface area contributed by atoms with Crippen molar-refractivity contribution in [3.63, 3.8) is 0 Å². The van der Waals surface area contributed by atoms with E-state index >= 15 is 0 Å². The molecule has 2 rings (SSSR count). The van der Waals surface area contributed by atoms with Crippen molar-refractivity contribution in [1.29, 1.82) is 0 Å². The Kier molecular flexibility index (Phi) is 8.27. The van der Waals surface area contributed by atoms with Gasteiger partial charge in [0, 0.05) is 12.1 Å². The van der Waals surface area contributed by atoms with Crippen molar-refractivity contribution in [3.8, 4) is 0 Å². The van der Waals surface area contributed by atoms with Crippen LogP contribution < -0.4 is 5.32 Å². The SMILES string of the molecule is Cc1ccc(C(=O)NCCC/C=C(\Br)C(=O)OCc2ccccc2)cc1C. The molecule has 0 heterocycles. The summed E-state index contributed by atoms with van der Waals surface area (Å²) in [6, 6.07) is 15.2. The highest BCUT2D eigenvalue weighted by molar-refractivity contribution is 9.12. The highest BCUT2D eigenvalue weighted by Gasteiger charge is 2.08. The summed E-state index contributed by atoms with van der Waals surface area (Å²) < 4.78 is 5.64. The number of amides is 1. The molecule has 0 aromatic heterocycles. The number of halogens is 1. The maximum absolute atomic E-state index is 12.1. The normalized spacial score (nSPS) is 11.1. The third kappa shape index (κ3) is 7.02. The van der Waals surface area contributed by atoms with Crippen molar-refractivity contribution in [2.45, 2.75) is 33.3 Å². The molecule has 0 aliphatic rings. The van der Waals surface area contributed by atoms with Crippen molar-refractivity contribution >= 4 is 27.8 Å². The second-order valence-corrected chi connectivity index (χ2v) is 7.17. The first-order chi connectivity index (χ1) is 13.0. The monoisotopic (exact) mass is 429 g/mol. The summed E-state index contributed by atoms with van der Waals surface area (Å²) in [6.45, 7) is 4.80. The van der Waals surface area contributed by atoms with Crippen LogP contribution in [0.3, 0.4) is 0 Å². The molecule has 0 aliphatic heterocycles. The molecule has 0 radical (unpaired) electrons. The van der Waals surface area contributed by atoms with Gasteiger partial charge in [-0.3, -0.25) is 4.79 Å². The van der Waals surface area contributed by atoms with Crippen molar-refractivity contribution < 1.29 is 14.3 Å². The summed E-state index contributed by atoms with van der Waals surface area (Å²) >= 11 is 3.25. The zero-order chi connectivity index (χ0) is 19.6. The van der Waals surface area contributed by atoms with Crippen LogP contribution in [0.4, 0.5) is 0 Å². The van der Waals surface area contributed by atoms with E-state index in [0.29, 0.717) is 23.0 Å². The van der Waals surface area contributed by atoms with Crippen molar-refractivity contribution in [3.05, 3.63) is 81.3 Å². The van der Waals surface area contributed by atoms with Gasteiger partial charge in [0.25, 0.3) is 5.91 Å². The largest absolute Gasteiger partial charge is 0.457 e. The van der Waals surface area contributed by atoms with E-state index in [1.54, 1.807) is 6.08 Å². The van der Waals surface area contributed by atoms with E-state index in [1.165, 1.54) is 5.56 Å². The minimum Gasteiger partial charge on any atom is -0.457 e. The van der Waals surface area contributed by atoms with Gasteiger partial charge < -0.3 is 10.1 Å². The van der Waals surface area contributed by atoms with Gasteiger partial charge in [-0.2, -0.15) is 0 Å². The van der Waals surface area contributed by atoms with Crippen molar-refractivity contribution in [2.24, 2.45) is 0 Å². The first-order valence-electron chi connectivity index (χ1n) is 8.89. The number of hydrogen-bond donors (Lipinski definition) is 1. The molecule has 0 aliphatic carbocycles. The molecule has 0 atom stereocenters. The number of esters is 1. The van der Waals surface area contributed by atoms with Crippen LogP contribution in [-0.4, -0.2) is 18.4 Å². The number of carbonyl (C=O) groups excluding carboxylic acids is 2. The number of unbranched alkanes of at least 4 members (excludes halogenated alkanes) is 1. The lowest BCUT2D eigenvalue weighted by Gasteiger charge is -2.07. The fourth-order valence-corrected chi connectivity index (χ4v) is 2.74. The van der Waals surface area contributed by atoms with Gasteiger partial charge in [0.15, 0.2) is 0 Å². The molecule has 0 saturated heterocycles. The molecule has 5 heteroatoms. The van der Waals surface area contributed by atoms with Gasteiger partial charge >= 0.3 is 5.97 Å². The molecule has 2 aromatic rings. The molecule has 142 valence electrons. The van der Waals surface area contributed by atoms with Crippen LogP contribution in [0.2, 0.25) is 0 Å². The van der Waals surface area contributed by atoms with Crippen LogP contribution in [-0.2, 0) is 16.1 Å². The Hall–Kier alpha value is -2.40. The Morgan fingerprint density at radius 2 is 1.81 bits per heavy atom. The minimum atomic E-state index is -0.391. The molecule has 0 unspecified atom stereocenters. The Morgan fingerprint density at radius 1 is 1.07 bits per heavy atom. The van der Waals surface area contributed by atoms with Gasteiger partial charge in [0.2, 0.25) is 0 Å². The molecular weight excluding hydrogens is 406 g/mol. The molecule has 0 saturated carbocycles. The van der Waals surface area contributed by atoms with Gasteiger partial charge in [-0.1, -0.05) is 42.5 Å². The molecule has 1 amide bonds. The van der Waals surface area contributed by atoms with E-state index in [-0.39, 0.29) is 12.5 Å². The quantitative estimate of drug-likeness (QED) is 0.371. The predicted molar refractivity (Wildman–Crippen MR) is 111 cm³/mol. The smallest absolute Gasteiger partial charge is 0.345 e. The van der Waals surface area contributed by atoms with E-state index in [1.807, 2.05) is 62.4 Å². The minimum absolute atomic E-state index is 0.0802. The average molecular weight is 430 g/mol. The predicted octanol–water partition coefficient (Wildman–Crippen LogP) is 4.84. The maximum Gasteiger partial charge on any atom is 0.345 e. The third-order valence-corrected chi connectivity index (χ3v) is 4.81. The van der Waals surface area contributed by atoms with Crippen LogP contribution in [0.25, 0.3) is 0 Å². The lowest BCUT2D eigenvalue weighted by atomic mass is 10.1. The summed E-state index contributed by atoms with van der Waals surface area (Å²) in [7, 11) is 0. The van der Waals surface area contributed by atoms with E-state index in [4.69, 9.17) is 4.74 Å². The number of allylic oxidation sites excluding steroid dienone is 1. The van der Waals surface area contributed by atoms with Crippen LogP contribution in [0.5, 0.6) is 0 Å². The Morgan fingerprint density at radius 3 is 2.52 bits per heavy atom. The molecule has 0 fully saturated rings. The topological polar surface area (TPSA) is 55.4 Å². The standard InChI is InChI=1S/C22H24BrNO3/c1-16-11-12-19(14-17(16)2)21(25)24-13-7-6-10-20(23)22(26)27-15-18-8-4-3-5-9-18/h3-5,8-12,14H,6-7,13,15H2,1-2H3,(H,24,25)/b20-10-.